The fourth-order valence-electron chi connectivity index (χ4n) is 3.03. The Hall–Kier alpha value is -3.83. The van der Waals surface area contributed by atoms with E-state index in [-0.39, 0.29) is 17.8 Å². The third kappa shape index (κ3) is 3.04. The average Bonchev–Trinajstić information content (AvgIpc) is 3.15. The zero-order chi connectivity index (χ0) is 19.7. The van der Waals surface area contributed by atoms with Gasteiger partial charge in [0.1, 0.15) is 4.83 Å². The van der Waals surface area contributed by atoms with Crippen molar-refractivity contribution in [3.63, 3.8) is 0 Å². The molecule has 2 aromatic carbocycles. The van der Waals surface area contributed by atoms with Gasteiger partial charge in [-0.15, -0.1) is 11.3 Å². The molecule has 0 aliphatic heterocycles. The number of benzene rings is 2. The highest BCUT2D eigenvalue weighted by Crippen LogP contribution is 2.32. The number of nitrogens with zero attached hydrogens (tertiary/aromatic N) is 4. The van der Waals surface area contributed by atoms with Crippen molar-refractivity contribution in [1.29, 1.82) is 5.26 Å². The maximum atomic E-state index is 13.1. The van der Waals surface area contributed by atoms with Crippen molar-refractivity contribution in [1.82, 2.24) is 9.55 Å². The first kappa shape index (κ1) is 17.6. The minimum Gasteiger partial charge on any atom is -0.294 e. The van der Waals surface area contributed by atoms with Crippen molar-refractivity contribution in [2.75, 3.05) is 0 Å². The van der Waals surface area contributed by atoms with Gasteiger partial charge in [0.25, 0.3) is 11.2 Å². The van der Waals surface area contributed by atoms with Gasteiger partial charge in [0.15, 0.2) is 0 Å². The van der Waals surface area contributed by atoms with Gasteiger partial charge in [0.2, 0.25) is 0 Å². The molecule has 0 radical (unpaired) electrons. The summed E-state index contributed by atoms with van der Waals surface area (Å²) in [6.45, 7) is 0.218. The summed E-state index contributed by atoms with van der Waals surface area (Å²) < 4.78 is 1.45. The summed E-state index contributed by atoms with van der Waals surface area (Å²) in [4.78, 5) is 28.7. The molecular formula is C20H12N4O3S. The standard InChI is InChI=1S/C20H12N4O3S/c21-9-14-4-1-2-5-15(14)10-23-12-22-19-18(20(23)25)17(11-28-19)13-6-3-7-16(8-13)24(26)27/h1-8,11-12H,10H2. The first-order valence-electron chi connectivity index (χ1n) is 8.28. The normalized spacial score (nSPS) is 10.7. The summed E-state index contributed by atoms with van der Waals surface area (Å²) >= 11 is 1.31. The van der Waals surface area contributed by atoms with Gasteiger partial charge in [0.05, 0.1) is 34.8 Å². The average molecular weight is 388 g/mol. The van der Waals surface area contributed by atoms with Crippen molar-refractivity contribution in [3.8, 4) is 17.2 Å². The lowest BCUT2D eigenvalue weighted by Gasteiger charge is -2.08. The number of nitro groups is 1. The lowest BCUT2D eigenvalue weighted by Crippen LogP contribution is -2.21. The Balaban J connectivity index is 1.85. The molecule has 0 aliphatic rings. The molecule has 2 aromatic heterocycles. The van der Waals surface area contributed by atoms with Gasteiger partial charge in [-0.2, -0.15) is 5.26 Å². The van der Waals surface area contributed by atoms with Gasteiger partial charge < -0.3 is 0 Å². The van der Waals surface area contributed by atoms with E-state index < -0.39 is 4.92 Å². The topological polar surface area (TPSA) is 102 Å². The number of rotatable bonds is 4. The molecule has 136 valence electrons. The van der Waals surface area contributed by atoms with E-state index in [9.17, 15) is 20.2 Å². The summed E-state index contributed by atoms with van der Waals surface area (Å²) in [7, 11) is 0. The van der Waals surface area contributed by atoms with Crippen molar-refractivity contribution in [2.45, 2.75) is 6.54 Å². The van der Waals surface area contributed by atoms with E-state index in [1.54, 1.807) is 35.7 Å². The summed E-state index contributed by atoms with van der Waals surface area (Å²) in [5.41, 5.74) is 2.14. The van der Waals surface area contributed by atoms with E-state index in [4.69, 9.17) is 0 Å². The van der Waals surface area contributed by atoms with E-state index in [0.29, 0.717) is 26.9 Å². The molecule has 0 aliphatic carbocycles. The van der Waals surface area contributed by atoms with E-state index >= 15 is 0 Å². The second kappa shape index (κ2) is 7.06. The fraction of sp³-hybridized carbons (Fsp3) is 0.0500. The van der Waals surface area contributed by atoms with Gasteiger partial charge in [-0.05, 0) is 17.2 Å². The molecule has 8 heteroatoms. The van der Waals surface area contributed by atoms with Gasteiger partial charge in [0, 0.05) is 23.1 Å². The van der Waals surface area contributed by atoms with Gasteiger partial charge >= 0.3 is 0 Å². The smallest absolute Gasteiger partial charge is 0.270 e. The molecule has 28 heavy (non-hydrogen) atoms. The van der Waals surface area contributed by atoms with Crippen LogP contribution in [-0.2, 0) is 6.54 Å². The first-order valence-corrected chi connectivity index (χ1v) is 9.16. The molecule has 0 fully saturated rings. The van der Waals surface area contributed by atoms with E-state index in [0.717, 1.165) is 5.56 Å². The van der Waals surface area contributed by atoms with Gasteiger partial charge in [-0.25, -0.2) is 4.98 Å². The first-order chi connectivity index (χ1) is 13.6. The minimum absolute atomic E-state index is 0.0380. The number of thiophene rings is 1. The highest BCUT2D eigenvalue weighted by molar-refractivity contribution is 7.17. The fourth-order valence-corrected chi connectivity index (χ4v) is 3.94. The van der Waals surface area contributed by atoms with Crippen LogP contribution in [0.2, 0.25) is 0 Å². The van der Waals surface area contributed by atoms with Crippen LogP contribution in [0, 0.1) is 21.4 Å². The molecule has 4 rings (SSSR count). The van der Waals surface area contributed by atoms with Crippen LogP contribution < -0.4 is 5.56 Å². The van der Waals surface area contributed by atoms with Crippen LogP contribution in [0.25, 0.3) is 21.3 Å². The SMILES string of the molecule is N#Cc1ccccc1Cn1cnc2scc(-c3cccc([N+](=O)[O-])c3)c2c1=O. The number of non-ortho nitro benzene ring substituents is 1. The number of nitriles is 1. The van der Waals surface area contributed by atoms with Crippen LogP contribution in [0.1, 0.15) is 11.1 Å². The second-order valence-electron chi connectivity index (χ2n) is 6.08. The highest BCUT2D eigenvalue weighted by atomic mass is 32.1. The molecule has 0 saturated heterocycles. The molecule has 0 unspecified atom stereocenters. The Morgan fingerprint density at radius 2 is 2.04 bits per heavy atom. The number of hydrogen-bond acceptors (Lipinski definition) is 6. The Kier molecular flexibility index (Phi) is 4.43. The number of hydrogen-bond donors (Lipinski definition) is 0. The minimum atomic E-state index is -0.465. The number of fused-ring (bicyclic) bond motifs is 1. The lowest BCUT2D eigenvalue weighted by molar-refractivity contribution is -0.384. The maximum absolute atomic E-state index is 13.1. The predicted octanol–water partition coefficient (Wildman–Crippen LogP) is 3.95. The zero-order valence-corrected chi connectivity index (χ0v) is 15.2. The molecule has 2 heterocycles. The molecule has 0 saturated carbocycles. The molecule has 0 spiro atoms. The molecule has 0 N–H and O–H groups in total. The quantitative estimate of drug-likeness (QED) is 0.389. The predicted molar refractivity (Wildman–Crippen MR) is 106 cm³/mol. The summed E-state index contributed by atoms with van der Waals surface area (Å²) in [6.07, 6.45) is 1.46. The molecule has 0 bridgehead atoms. The van der Waals surface area contributed by atoms with Crippen LogP contribution >= 0.6 is 11.3 Å². The Bertz CT molecular complexity index is 1320. The van der Waals surface area contributed by atoms with E-state index in [1.165, 1.54) is 34.4 Å². The maximum Gasteiger partial charge on any atom is 0.270 e. The third-order valence-corrected chi connectivity index (χ3v) is 5.29. The molecular weight excluding hydrogens is 376 g/mol. The Labute approximate surface area is 162 Å². The molecule has 7 nitrogen and oxygen atoms in total. The van der Waals surface area contributed by atoms with E-state index in [1.807, 2.05) is 6.07 Å². The highest BCUT2D eigenvalue weighted by Gasteiger charge is 2.16. The second-order valence-corrected chi connectivity index (χ2v) is 6.94. The van der Waals surface area contributed by atoms with Gasteiger partial charge in [-0.3, -0.25) is 19.5 Å². The lowest BCUT2D eigenvalue weighted by atomic mass is 10.1. The van der Waals surface area contributed by atoms with Crippen molar-refractivity contribution in [2.24, 2.45) is 0 Å². The number of aromatic nitrogens is 2. The Morgan fingerprint density at radius 3 is 2.82 bits per heavy atom. The largest absolute Gasteiger partial charge is 0.294 e. The monoisotopic (exact) mass is 388 g/mol. The van der Waals surface area contributed by atoms with E-state index in [2.05, 4.69) is 11.1 Å². The third-order valence-electron chi connectivity index (χ3n) is 4.41. The van der Waals surface area contributed by atoms with Crippen LogP contribution in [0.15, 0.2) is 65.0 Å². The molecule has 4 aromatic rings. The summed E-state index contributed by atoms with van der Waals surface area (Å²) in [6, 6.07) is 15.4. The molecule has 0 amide bonds. The van der Waals surface area contributed by atoms with Crippen LogP contribution in [0.5, 0.6) is 0 Å². The number of nitro benzene ring substituents is 1. The van der Waals surface area contributed by atoms with Crippen LogP contribution in [-0.4, -0.2) is 14.5 Å². The van der Waals surface area contributed by atoms with Crippen molar-refractivity contribution < 1.29 is 4.92 Å². The molecule has 0 atom stereocenters. The van der Waals surface area contributed by atoms with Gasteiger partial charge in [-0.1, -0.05) is 30.3 Å². The summed E-state index contributed by atoms with van der Waals surface area (Å²) in [5.74, 6) is 0. The Morgan fingerprint density at radius 1 is 1.21 bits per heavy atom. The van der Waals surface area contributed by atoms with Crippen LogP contribution in [0.4, 0.5) is 5.69 Å². The summed E-state index contributed by atoms with van der Waals surface area (Å²) in [5, 5.41) is 22.5. The van der Waals surface area contributed by atoms with Crippen molar-refractivity contribution >= 4 is 27.2 Å². The van der Waals surface area contributed by atoms with Crippen molar-refractivity contribution in [3.05, 3.63) is 91.8 Å². The zero-order valence-electron chi connectivity index (χ0n) is 14.4. The van der Waals surface area contributed by atoms with Crippen LogP contribution in [0.3, 0.4) is 0 Å².